The van der Waals surface area contributed by atoms with E-state index in [-0.39, 0.29) is 24.8 Å². The molecule has 1 saturated heterocycles. The van der Waals surface area contributed by atoms with Crippen LogP contribution in [-0.2, 0) is 9.59 Å². The summed E-state index contributed by atoms with van der Waals surface area (Å²) in [5.74, 6) is -0.442. The molecule has 1 aliphatic heterocycles. The van der Waals surface area contributed by atoms with E-state index in [1.165, 1.54) is 28.0 Å². The van der Waals surface area contributed by atoms with Crippen molar-refractivity contribution in [3.05, 3.63) is 29.8 Å². The SMILES string of the molecule is O=C(CCN1C(=O)NC2(CCCCC2)C1=O)Nc1ccccc1Sc1nncs1. The van der Waals surface area contributed by atoms with Gasteiger partial charge in [0, 0.05) is 17.9 Å². The molecule has 2 fully saturated rings. The van der Waals surface area contributed by atoms with Crippen LogP contribution in [0.5, 0.6) is 0 Å². The lowest BCUT2D eigenvalue weighted by molar-refractivity contribution is -0.132. The van der Waals surface area contributed by atoms with Crippen LogP contribution < -0.4 is 10.6 Å². The Morgan fingerprint density at radius 3 is 2.79 bits per heavy atom. The van der Waals surface area contributed by atoms with Crippen LogP contribution in [0.3, 0.4) is 0 Å². The van der Waals surface area contributed by atoms with Crippen LogP contribution in [0.15, 0.2) is 39.0 Å². The Labute approximate surface area is 176 Å². The zero-order chi connectivity index (χ0) is 20.3. The van der Waals surface area contributed by atoms with Crippen molar-refractivity contribution in [1.29, 1.82) is 0 Å². The van der Waals surface area contributed by atoms with Gasteiger partial charge in [-0.1, -0.05) is 54.5 Å². The van der Waals surface area contributed by atoms with Crippen LogP contribution in [0.2, 0.25) is 0 Å². The first-order chi connectivity index (χ1) is 14.1. The number of rotatable bonds is 6. The maximum atomic E-state index is 12.8. The number of benzene rings is 1. The van der Waals surface area contributed by atoms with Crippen LogP contribution in [0, 0.1) is 0 Å². The molecule has 0 bridgehead atoms. The van der Waals surface area contributed by atoms with Crippen LogP contribution >= 0.6 is 23.1 Å². The molecule has 10 heteroatoms. The van der Waals surface area contributed by atoms with E-state index >= 15 is 0 Å². The predicted molar refractivity (Wildman–Crippen MR) is 110 cm³/mol. The molecule has 1 spiro atoms. The number of urea groups is 1. The van der Waals surface area contributed by atoms with Gasteiger partial charge in [0.05, 0.1) is 5.69 Å². The minimum Gasteiger partial charge on any atom is -0.325 e. The van der Waals surface area contributed by atoms with Crippen molar-refractivity contribution >= 4 is 46.6 Å². The number of carbonyl (C=O) groups is 3. The second-order valence-electron chi connectivity index (χ2n) is 7.13. The van der Waals surface area contributed by atoms with Gasteiger partial charge in [-0.05, 0) is 25.0 Å². The number of aromatic nitrogens is 2. The van der Waals surface area contributed by atoms with E-state index in [1.54, 1.807) is 5.51 Å². The fourth-order valence-electron chi connectivity index (χ4n) is 3.76. The molecule has 2 aliphatic rings. The van der Waals surface area contributed by atoms with E-state index in [0.29, 0.717) is 18.5 Å². The van der Waals surface area contributed by atoms with E-state index in [4.69, 9.17) is 0 Å². The number of hydrogen-bond acceptors (Lipinski definition) is 7. The minimum absolute atomic E-state index is 0.0487. The summed E-state index contributed by atoms with van der Waals surface area (Å²) in [6.45, 7) is 0.0734. The molecule has 0 radical (unpaired) electrons. The van der Waals surface area contributed by atoms with Gasteiger partial charge in [0.25, 0.3) is 5.91 Å². The quantitative estimate of drug-likeness (QED) is 0.680. The summed E-state index contributed by atoms with van der Waals surface area (Å²) in [6.07, 6.45) is 4.36. The van der Waals surface area contributed by atoms with Gasteiger partial charge in [-0.2, -0.15) is 0 Å². The number of anilines is 1. The average Bonchev–Trinajstić information content (AvgIpc) is 3.30. The van der Waals surface area contributed by atoms with Crippen molar-refractivity contribution < 1.29 is 14.4 Å². The molecule has 4 rings (SSSR count). The van der Waals surface area contributed by atoms with E-state index in [2.05, 4.69) is 20.8 Å². The number of imide groups is 1. The lowest BCUT2D eigenvalue weighted by Crippen LogP contribution is -2.48. The first-order valence-electron chi connectivity index (χ1n) is 9.54. The van der Waals surface area contributed by atoms with Crippen LogP contribution in [0.4, 0.5) is 10.5 Å². The summed E-state index contributed by atoms with van der Waals surface area (Å²) < 4.78 is 0.781. The fraction of sp³-hybridized carbons (Fsp3) is 0.421. The van der Waals surface area contributed by atoms with Gasteiger partial charge in [-0.25, -0.2) is 4.79 Å². The fourth-order valence-corrected chi connectivity index (χ4v) is 5.28. The van der Waals surface area contributed by atoms with Crippen molar-refractivity contribution in [3.63, 3.8) is 0 Å². The predicted octanol–water partition coefficient (Wildman–Crippen LogP) is 3.27. The Bertz CT molecular complexity index is 912. The molecule has 2 N–H and O–H groups in total. The standard InChI is InChI=1S/C19H21N5O3S2/c25-15(21-13-6-2-3-7-14(13)29-18-23-20-12-28-18)8-11-24-16(26)19(22-17(24)27)9-4-1-5-10-19/h2-3,6-7,12H,1,4-5,8-11H2,(H,21,25)(H,22,27). The summed E-state index contributed by atoms with van der Waals surface area (Å²) in [4.78, 5) is 39.6. The third-order valence-electron chi connectivity index (χ3n) is 5.21. The molecular formula is C19H21N5O3S2. The molecule has 2 heterocycles. The Morgan fingerprint density at radius 2 is 2.03 bits per heavy atom. The molecule has 1 saturated carbocycles. The van der Waals surface area contributed by atoms with E-state index < -0.39 is 11.6 Å². The van der Waals surface area contributed by atoms with Crippen molar-refractivity contribution in [2.45, 2.75) is 53.3 Å². The molecular weight excluding hydrogens is 410 g/mol. The third-order valence-corrected chi connectivity index (χ3v) is 7.07. The second-order valence-corrected chi connectivity index (χ2v) is 9.25. The molecule has 29 heavy (non-hydrogen) atoms. The van der Waals surface area contributed by atoms with Gasteiger partial charge < -0.3 is 10.6 Å². The van der Waals surface area contributed by atoms with Crippen molar-refractivity contribution in [1.82, 2.24) is 20.4 Å². The molecule has 1 aliphatic carbocycles. The van der Waals surface area contributed by atoms with Crippen molar-refractivity contribution in [2.75, 3.05) is 11.9 Å². The van der Waals surface area contributed by atoms with Gasteiger partial charge in [0.1, 0.15) is 11.0 Å². The number of nitrogens with zero attached hydrogens (tertiary/aromatic N) is 3. The van der Waals surface area contributed by atoms with Crippen LogP contribution in [0.25, 0.3) is 0 Å². The topological polar surface area (TPSA) is 104 Å². The smallest absolute Gasteiger partial charge is 0.325 e. The summed E-state index contributed by atoms with van der Waals surface area (Å²) in [7, 11) is 0. The minimum atomic E-state index is -0.753. The monoisotopic (exact) mass is 431 g/mol. The third kappa shape index (κ3) is 4.27. The summed E-state index contributed by atoms with van der Waals surface area (Å²) in [6, 6.07) is 7.04. The molecule has 0 atom stereocenters. The first-order valence-corrected chi connectivity index (χ1v) is 11.2. The van der Waals surface area contributed by atoms with Gasteiger partial charge in [-0.3, -0.25) is 14.5 Å². The summed E-state index contributed by atoms with van der Waals surface area (Å²) in [5.41, 5.74) is 1.57. The maximum absolute atomic E-state index is 12.8. The molecule has 2 aromatic rings. The largest absolute Gasteiger partial charge is 0.325 e. The first kappa shape index (κ1) is 19.8. The van der Waals surface area contributed by atoms with Gasteiger partial charge in [0.2, 0.25) is 5.91 Å². The summed E-state index contributed by atoms with van der Waals surface area (Å²) >= 11 is 2.85. The average molecular weight is 432 g/mol. The molecule has 152 valence electrons. The van der Waals surface area contributed by atoms with Crippen molar-refractivity contribution in [3.8, 4) is 0 Å². The van der Waals surface area contributed by atoms with Crippen LogP contribution in [-0.4, -0.2) is 45.0 Å². The highest BCUT2D eigenvalue weighted by Gasteiger charge is 2.51. The molecule has 8 nitrogen and oxygen atoms in total. The lowest BCUT2D eigenvalue weighted by atomic mass is 9.82. The molecule has 1 aromatic carbocycles. The summed E-state index contributed by atoms with van der Waals surface area (Å²) in [5, 5.41) is 13.6. The van der Waals surface area contributed by atoms with Gasteiger partial charge in [-0.15, -0.1) is 10.2 Å². The van der Waals surface area contributed by atoms with Gasteiger partial charge in [0.15, 0.2) is 4.34 Å². The highest BCUT2D eigenvalue weighted by Crippen LogP contribution is 2.35. The number of hydrogen-bond donors (Lipinski definition) is 2. The normalized spacial score (nSPS) is 18.1. The molecule has 4 amide bonds. The number of para-hydroxylation sites is 1. The van der Waals surface area contributed by atoms with E-state index in [0.717, 1.165) is 28.5 Å². The second kappa shape index (κ2) is 8.50. The highest BCUT2D eigenvalue weighted by atomic mass is 32.2. The Hall–Kier alpha value is -2.46. The zero-order valence-electron chi connectivity index (χ0n) is 15.7. The van der Waals surface area contributed by atoms with E-state index in [1.807, 2.05) is 24.3 Å². The number of amides is 4. The number of nitrogens with one attached hydrogen (secondary N) is 2. The molecule has 1 aromatic heterocycles. The van der Waals surface area contributed by atoms with Crippen molar-refractivity contribution in [2.24, 2.45) is 0 Å². The van der Waals surface area contributed by atoms with Crippen LogP contribution in [0.1, 0.15) is 38.5 Å². The van der Waals surface area contributed by atoms with Gasteiger partial charge >= 0.3 is 6.03 Å². The zero-order valence-corrected chi connectivity index (χ0v) is 17.4. The maximum Gasteiger partial charge on any atom is 0.325 e. The lowest BCUT2D eigenvalue weighted by Gasteiger charge is -2.30. The molecule has 0 unspecified atom stereocenters. The Morgan fingerprint density at radius 1 is 1.24 bits per heavy atom. The van der Waals surface area contributed by atoms with E-state index in [9.17, 15) is 14.4 Å². The number of carbonyl (C=O) groups excluding carboxylic acids is 3. The Kier molecular flexibility index (Phi) is 5.81. The Balaban J connectivity index is 1.36. The highest BCUT2D eigenvalue weighted by molar-refractivity contribution is 8.01.